The van der Waals surface area contributed by atoms with Gasteiger partial charge in [-0.25, -0.2) is 0 Å². The lowest BCUT2D eigenvalue weighted by Crippen LogP contribution is -2.35. The van der Waals surface area contributed by atoms with E-state index in [1.807, 2.05) is 6.92 Å². The number of nitrogens with one attached hydrogen (secondary N) is 1. The molecule has 0 fully saturated rings. The summed E-state index contributed by atoms with van der Waals surface area (Å²) in [5, 5.41) is 7.35. The summed E-state index contributed by atoms with van der Waals surface area (Å²) in [4.78, 5) is 15.4. The Morgan fingerprint density at radius 1 is 1.09 bits per heavy atom. The van der Waals surface area contributed by atoms with E-state index in [0.717, 1.165) is 47.5 Å². The maximum Gasteiger partial charge on any atom is 0.290 e. The molecule has 2 heterocycles. The standard InChI is InChI=1S/C29H37N3O2/c1-8-30-29(33)28-26(22-9-10-23-16-32(18(4)5)12-11-21(23)14-22)27(31-34-28)25-15-24(17(2)3)19(6)13-20(25)7/h9-10,13-15,17-18H,8,11-12,16H2,1-7H3,(H,30,33). The van der Waals surface area contributed by atoms with Crippen LogP contribution in [0.4, 0.5) is 0 Å². The summed E-state index contributed by atoms with van der Waals surface area (Å²) in [6.45, 7) is 17.6. The lowest BCUT2D eigenvalue weighted by molar-refractivity contribution is 0.0920. The second kappa shape index (κ2) is 9.75. The summed E-state index contributed by atoms with van der Waals surface area (Å²) in [6, 6.07) is 11.5. The maximum absolute atomic E-state index is 13.0. The maximum atomic E-state index is 13.0. The van der Waals surface area contributed by atoms with E-state index in [2.05, 4.69) is 87.2 Å². The van der Waals surface area contributed by atoms with E-state index in [-0.39, 0.29) is 11.7 Å². The van der Waals surface area contributed by atoms with Crippen LogP contribution in [0.15, 0.2) is 34.9 Å². The average molecular weight is 460 g/mol. The van der Waals surface area contributed by atoms with Crippen LogP contribution in [0.3, 0.4) is 0 Å². The van der Waals surface area contributed by atoms with Gasteiger partial charge in [0.05, 0.1) is 5.56 Å². The number of carbonyl (C=O) groups excluding carboxylic acids is 1. The molecule has 0 unspecified atom stereocenters. The van der Waals surface area contributed by atoms with E-state index in [1.165, 1.54) is 22.3 Å². The van der Waals surface area contributed by atoms with Crippen molar-refractivity contribution >= 4 is 5.91 Å². The van der Waals surface area contributed by atoms with Gasteiger partial charge in [0.1, 0.15) is 5.69 Å². The lowest BCUT2D eigenvalue weighted by atomic mass is 9.88. The van der Waals surface area contributed by atoms with Crippen molar-refractivity contribution < 1.29 is 9.32 Å². The Morgan fingerprint density at radius 3 is 2.53 bits per heavy atom. The van der Waals surface area contributed by atoms with E-state index in [1.54, 1.807) is 0 Å². The number of nitrogens with zero attached hydrogens (tertiary/aromatic N) is 2. The molecule has 34 heavy (non-hydrogen) atoms. The third-order valence-corrected chi connectivity index (χ3v) is 6.99. The minimum absolute atomic E-state index is 0.228. The summed E-state index contributed by atoms with van der Waals surface area (Å²) in [5.74, 6) is 0.446. The van der Waals surface area contributed by atoms with Gasteiger partial charge in [-0.1, -0.05) is 43.3 Å². The smallest absolute Gasteiger partial charge is 0.290 e. The number of aryl methyl sites for hydroxylation is 2. The lowest BCUT2D eigenvalue weighted by Gasteiger charge is -2.32. The van der Waals surface area contributed by atoms with Gasteiger partial charge in [-0.3, -0.25) is 9.69 Å². The SMILES string of the molecule is CCNC(=O)c1onc(-c2cc(C(C)C)c(C)cc2C)c1-c1ccc2c(c1)CCN(C(C)C)C2. The van der Waals surface area contributed by atoms with Gasteiger partial charge in [-0.2, -0.15) is 0 Å². The van der Waals surface area contributed by atoms with Gasteiger partial charge in [0, 0.05) is 31.2 Å². The molecule has 1 aromatic heterocycles. The number of hydrogen-bond acceptors (Lipinski definition) is 4. The van der Waals surface area contributed by atoms with Crippen LogP contribution in [0.2, 0.25) is 0 Å². The van der Waals surface area contributed by atoms with Crippen molar-refractivity contribution in [3.63, 3.8) is 0 Å². The molecule has 180 valence electrons. The largest absolute Gasteiger partial charge is 0.350 e. The molecular weight excluding hydrogens is 422 g/mol. The fourth-order valence-electron chi connectivity index (χ4n) is 5.05. The first kappa shape index (κ1) is 24.2. The molecule has 4 rings (SSSR count). The number of hydrogen-bond donors (Lipinski definition) is 1. The fraction of sp³-hybridized carbons (Fsp3) is 0.448. The number of carbonyl (C=O) groups is 1. The third kappa shape index (κ3) is 4.54. The zero-order valence-electron chi connectivity index (χ0n) is 21.6. The number of benzene rings is 2. The molecule has 0 saturated heterocycles. The van der Waals surface area contributed by atoms with E-state index < -0.39 is 0 Å². The summed E-state index contributed by atoms with van der Waals surface area (Å²) in [5.41, 5.74) is 9.91. The highest BCUT2D eigenvalue weighted by Crippen LogP contribution is 2.39. The number of amides is 1. The Bertz CT molecular complexity index is 1210. The summed E-state index contributed by atoms with van der Waals surface area (Å²) >= 11 is 0. The number of rotatable bonds is 6. The molecule has 0 radical (unpaired) electrons. The summed E-state index contributed by atoms with van der Waals surface area (Å²) < 4.78 is 5.73. The van der Waals surface area contributed by atoms with Crippen LogP contribution in [-0.4, -0.2) is 35.1 Å². The zero-order chi connectivity index (χ0) is 24.6. The van der Waals surface area contributed by atoms with Crippen LogP contribution in [0.1, 0.15) is 78.9 Å². The van der Waals surface area contributed by atoms with Crippen LogP contribution in [0, 0.1) is 13.8 Å². The van der Waals surface area contributed by atoms with Gasteiger partial charge < -0.3 is 9.84 Å². The van der Waals surface area contributed by atoms with E-state index >= 15 is 0 Å². The first-order valence-electron chi connectivity index (χ1n) is 12.5. The molecule has 1 N–H and O–H groups in total. The van der Waals surface area contributed by atoms with Crippen LogP contribution in [-0.2, 0) is 13.0 Å². The van der Waals surface area contributed by atoms with Crippen molar-refractivity contribution in [1.29, 1.82) is 0 Å². The number of fused-ring (bicyclic) bond motifs is 1. The van der Waals surface area contributed by atoms with Crippen LogP contribution in [0.25, 0.3) is 22.4 Å². The quantitative estimate of drug-likeness (QED) is 0.472. The first-order valence-corrected chi connectivity index (χ1v) is 12.5. The van der Waals surface area contributed by atoms with E-state index in [0.29, 0.717) is 18.5 Å². The van der Waals surface area contributed by atoms with Gasteiger partial charge in [-0.05, 0) is 86.4 Å². The van der Waals surface area contributed by atoms with Gasteiger partial charge in [0.25, 0.3) is 5.91 Å². The topological polar surface area (TPSA) is 58.4 Å². The Kier molecular flexibility index (Phi) is 6.94. The Hall–Kier alpha value is -2.92. The van der Waals surface area contributed by atoms with Gasteiger partial charge in [0.2, 0.25) is 5.76 Å². The van der Waals surface area contributed by atoms with Crippen molar-refractivity contribution in [2.75, 3.05) is 13.1 Å². The van der Waals surface area contributed by atoms with Crippen LogP contribution < -0.4 is 5.32 Å². The highest BCUT2D eigenvalue weighted by atomic mass is 16.5. The molecule has 5 nitrogen and oxygen atoms in total. The minimum Gasteiger partial charge on any atom is -0.350 e. The van der Waals surface area contributed by atoms with Crippen LogP contribution >= 0.6 is 0 Å². The van der Waals surface area contributed by atoms with Gasteiger partial charge in [0.15, 0.2) is 0 Å². The van der Waals surface area contributed by atoms with Crippen molar-refractivity contribution in [2.24, 2.45) is 0 Å². The van der Waals surface area contributed by atoms with Gasteiger partial charge >= 0.3 is 0 Å². The average Bonchev–Trinajstić information content (AvgIpc) is 3.23. The third-order valence-electron chi connectivity index (χ3n) is 6.99. The second-order valence-corrected chi connectivity index (χ2v) is 10.1. The molecule has 3 aromatic rings. The molecule has 0 spiro atoms. The number of aromatic nitrogens is 1. The Balaban J connectivity index is 1.87. The highest BCUT2D eigenvalue weighted by Gasteiger charge is 2.27. The molecule has 0 saturated carbocycles. The first-order chi connectivity index (χ1) is 16.2. The molecule has 0 aliphatic carbocycles. The van der Waals surface area contributed by atoms with Gasteiger partial charge in [-0.15, -0.1) is 0 Å². The second-order valence-electron chi connectivity index (χ2n) is 10.1. The molecule has 0 bridgehead atoms. The van der Waals surface area contributed by atoms with E-state index in [4.69, 9.17) is 4.52 Å². The normalized spacial score (nSPS) is 14.0. The molecular formula is C29H37N3O2. The predicted octanol–water partition coefficient (Wildman–Crippen LogP) is 6.27. The van der Waals surface area contributed by atoms with Crippen molar-refractivity contribution in [3.8, 4) is 22.4 Å². The van der Waals surface area contributed by atoms with E-state index in [9.17, 15) is 4.79 Å². The molecule has 1 aliphatic rings. The molecule has 2 aromatic carbocycles. The fourth-order valence-corrected chi connectivity index (χ4v) is 5.05. The molecule has 1 amide bonds. The van der Waals surface area contributed by atoms with Crippen LogP contribution in [0.5, 0.6) is 0 Å². The van der Waals surface area contributed by atoms with Crippen molar-refractivity contribution in [3.05, 3.63) is 63.9 Å². The summed E-state index contributed by atoms with van der Waals surface area (Å²) in [7, 11) is 0. The molecule has 1 aliphatic heterocycles. The monoisotopic (exact) mass is 459 g/mol. The summed E-state index contributed by atoms with van der Waals surface area (Å²) in [6.07, 6.45) is 1.000. The Morgan fingerprint density at radius 2 is 1.85 bits per heavy atom. The minimum atomic E-state index is -0.228. The molecule has 0 atom stereocenters. The Labute approximate surface area is 203 Å². The van der Waals surface area contributed by atoms with Crippen molar-refractivity contribution in [2.45, 2.75) is 73.4 Å². The van der Waals surface area contributed by atoms with Crippen molar-refractivity contribution in [1.82, 2.24) is 15.4 Å². The molecule has 5 heteroatoms. The highest BCUT2D eigenvalue weighted by molar-refractivity contribution is 6.02. The predicted molar refractivity (Wildman–Crippen MR) is 138 cm³/mol. The zero-order valence-corrected chi connectivity index (χ0v) is 21.6.